The first-order valence-corrected chi connectivity index (χ1v) is 9.96. The highest BCUT2D eigenvalue weighted by Crippen LogP contribution is 2.21. The summed E-state index contributed by atoms with van der Waals surface area (Å²) >= 11 is 0. The zero-order valence-corrected chi connectivity index (χ0v) is 18.5. The lowest BCUT2D eigenvalue weighted by Gasteiger charge is -2.38. The van der Waals surface area contributed by atoms with E-state index in [1.807, 2.05) is 23.2 Å². The molecule has 4 heterocycles. The maximum Gasteiger partial charge on any atom is 0.225 e. The molecule has 1 unspecified atom stereocenters. The Bertz CT molecular complexity index is 760. The summed E-state index contributed by atoms with van der Waals surface area (Å²) in [4.78, 5) is 32.1. The Labute approximate surface area is 189 Å². The van der Waals surface area contributed by atoms with Gasteiger partial charge in [-0.05, 0) is 17.7 Å². The topological polar surface area (TPSA) is 77.5 Å². The van der Waals surface area contributed by atoms with Crippen LogP contribution in [0.3, 0.4) is 0 Å². The molecule has 1 atom stereocenters. The van der Waals surface area contributed by atoms with Crippen molar-refractivity contribution in [3.05, 3.63) is 48.5 Å². The quantitative estimate of drug-likeness (QED) is 0.732. The molecule has 4 rings (SSSR count). The zero-order valence-electron chi connectivity index (χ0n) is 16.9. The van der Waals surface area contributed by atoms with Crippen LogP contribution in [0.15, 0.2) is 43.0 Å². The van der Waals surface area contributed by atoms with Crippen LogP contribution in [-0.4, -0.2) is 83.0 Å². The number of rotatable bonds is 5. The van der Waals surface area contributed by atoms with Gasteiger partial charge in [-0.1, -0.05) is 6.07 Å². The molecule has 1 N–H and O–H groups in total. The second-order valence-electron chi connectivity index (χ2n) is 7.21. The molecule has 10 heteroatoms. The van der Waals surface area contributed by atoms with Gasteiger partial charge in [0.1, 0.15) is 0 Å². The van der Waals surface area contributed by atoms with E-state index in [1.165, 1.54) is 5.56 Å². The van der Waals surface area contributed by atoms with E-state index < -0.39 is 0 Å². The molecule has 8 nitrogen and oxygen atoms in total. The number of carbonyl (C=O) groups excluding carboxylic acids is 1. The molecular weight excluding hydrogens is 425 g/mol. The van der Waals surface area contributed by atoms with Crippen molar-refractivity contribution in [3.63, 3.8) is 0 Å². The summed E-state index contributed by atoms with van der Waals surface area (Å²) in [5.74, 6) is 0.979. The van der Waals surface area contributed by atoms with Gasteiger partial charge in [0.2, 0.25) is 11.9 Å². The van der Waals surface area contributed by atoms with Gasteiger partial charge in [0.05, 0.1) is 0 Å². The second kappa shape index (κ2) is 12.0. The third-order valence-corrected chi connectivity index (χ3v) is 5.50. The number of hydrogen-bond acceptors (Lipinski definition) is 7. The van der Waals surface area contributed by atoms with Crippen molar-refractivity contribution >= 4 is 36.7 Å². The molecule has 30 heavy (non-hydrogen) atoms. The van der Waals surface area contributed by atoms with Crippen LogP contribution >= 0.6 is 24.8 Å². The smallest absolute Gasteiger partial charge is 0.225 e. The Morgan fingerprint density at radius 1 is 1.03 bits per heavy atom. The van der Waals surface area contributed by atoms with E-state index in [2.05, 4.69) is 36.1 Å². The molecule has 0 aliphatic carbocycles. The van der Waals surface area contributed by atoms with Gasteiger partial charge in [0, 0.05) is 89.6 Å². The molecule has 0 bridgehead atoms. The lowest BCUT2D eigenvalue weighted by Crippen LogP contribution is -2.50. The number of hydrogen-bond donors (Lipinski definition) is 1. The van der Waals surface area contributed by atoms with Gasteiger partial charge >= 0.3 is 0 Å². The molecular formula is C20H29Cl2N7O. The molecule has 2 aliphatic rings. The van der Waals surface area contributed by atoms with E-state index in [9.17, 15) is 4.79 Å². The molecule has 0 spiro atoms. The number of carbonyl (C=O) groups is 1. The van der Waals surface area contributed by atoms with Crippen molar-refractivity contribution in [2.45, 2.75) is 12.5 Å². The van der Waals surface area contributed by atoms with Crippen molar-refractivity contribution in [2.24, 2.45) is 0 Å². The Morgan fingerprint density at radius 2 is 1.80 bits per heavy atom. The molecule has 2 saturated heterocycles. The fourth-order valence-corrected chi connectivity index (χ4v) is 3.92. The van der Waals surface area contributed by atoms with Crippen LogP contribution < -0.4 is 10.2 Å². The van der Waals surface area contributed by atoms with Gasteiger partial charge in [0.15, 0.2) is 0 Å². The summed E-state index contributed by atoms with van der Waals surface area (Å²) in [5.41, 5.74) is 1.21. The van der Waals surface area contributed by atoms with Crippen molar-refractivity contribution in [2.75, 3.05) is 57.3 Å². The Kier molecular flexibility index (Phi) is 9.71. The standard InChI is InChI=1S/C20H27N7O.2ClH/c28-19(26-11-13-27(14-12-26)20-23-6-2-7-24-20)4-9-25-10-8-22-16-18(25)17-3-1-5-21-15-17;;/h1-3,5-7,15,18,22H,4,8-14,16H2;2*1H. The Hall–Kier alpha value is -2.00. The van der Waals surface area contributed by atoms with E-state index in [0.717, 1.165) is 58.3 Å². The highest BCUT2D eigenvalue weighted by Gasteiger charge is 2.26. The van der Waals surface area contributed by atoms with Gasteiger partial charge in [-0.2, -0.15) is 0 Å². The van der Waals surface area contributed by atoms with E-state index in [4.69, 9.17) is 0 Å². The van der Waals surface area contributed by atoms with Gasteiger partial charge < -0.3 is 15.1 Å². The number of anilines is 1. The minimum absolute atomic E-state index is 0. The largest absolute Gasteiger partial charge is 0.339 e. The molecule has 0 saturated carbocycles. The normalized spacial score (nSPS) is 19.5. The van der Waals surface area contributed by atoms with Crippen LogP contribution in [0, 0.1) is 0 Å². The van der Waals surface area contributed by atoms with Gasteiger partial charge in [-0.3, -0.25) is 14.7 Å². The summed E-state index contributed by atoms with van der Waals surface area (Å²) < 4.78 is 0. The van der Waals surface area contributed by atoms with E-state index in [-0.39, 0.29) is 36.8 Å². The number of pyridine rings is 1. The molecule has 0 aromatic carbocycles. The first-order valence-electron chi connectivity index (χ1n) is 9.96. The van der Waals surface area contributed by atoms with E-state index in [1.54, 1.807) is 18.6 Å². The number of nitrogens with one attached hydrogen (secondary N) is 1. The van der Waals surface area contributed by atoms with Crippen molar-refractivity contribution in [3.8, 4) is 0 Å². The van der Waals surface area contributed by atoms with Crippen LogP contribution in [0.1, 0.15) is 18.0 Å². The predicted octanol–water partition coefficient (Wildman–Crippen LogP) is 1.40. The van der Waals surface area contributed by atoms with Crippen molar-refractivity contribution in [1.29, 1.82) is 0 Å². The molecule has 2 aromatic rings. The molecule has 2 aliphatic heterocycles. The Morgan fingerprint density at radius 3 is 2.50 bits per heavy atom. The van der Waals surface area contributed by atoms with Crippen LogP contribution in [0.25, 0.3) is 0 Å². The van der Waals surface area contributed by atoms with Crippen LogP contribution in [0.4, 0.5) is 5.95 Å². The minimum Gasteiger partial charge on any atom is -0.339 e. The summed E-state index contributed by atoms with van der Waals surface area (Å²) in [6.45, 7) is 6.60. The molecule has 2 aromatic heterocycles. The van der Waals surface area contributed by atoms with E-state index in [0.29, 0.717) is 6.42 Å². The molecule has 0 radical (unpaired) electrons. The maximum atomic E-state index is 12.7. The lowest BCUT2D eigenvalue weighted by molar-refractivity contribution is -0.132. The third-order valence-electron chi connectivity index (χ3n) is 5.50. The lowest BCUT2D eigenvalue weighted by atomic mass is 10.1. The SMILES string of the molecule is Cl.Cl.O=C(CCN1CCNCC1c1cccnc1)N1CCN(c2ncccn2)CC1. The maximum absolute atomic E-state index is 12.7. The zero-order chi connectivity index (χ0) is 19.2. The molecule has 164 valence electrons. The number of amides is 1. The fourth-order valence-electron chi connectivity index (χ4n) is 3.92. The fraction of sp³-hybridized carbons (Fsp3) is 0.500. The monoisotopic (exact) mass is 453 g/mol. The van der Waals surface area contributed by atoms with Gasteiger partial charge in [-0.25, -0.2) is 9.97 Å². The summed E-state index contributed by atoms with van der Waals surface area (Å²) in [7, 11) is 0. The van der Waals surface area contributed by atoms with Crippen LogP contribution in [0.2, 0.25) is 0 Å². The number of aromatic nitrogens is 3. The average molecular weight is 454 g/mol. The van der Waals surface area contributed by atoms with Crippen molar-refractivity contribution < 1.29 is 4.79 Å². The van der Waals surface area contributed by atoms with Crippen LogP contribution in [0.5, 0.6) is 0 Å². The minimum atomic E-state index is 0. The van der Waals surface area contributed by atoms with Crippen LogP contribution in [-0.2, 0) is 4.79 Å². The second-order valence-corrected chi connectivity index (χ2v) is 7.21. The summed E-state index contributed by atoms with van der Waals surface area (Å²) in [6.07, 6.45) is 7.79. The predicted molar refractivity (Wildman–Crippen MR) is 121 cm³/mol. The van der Waals surface area contributed by atoms with Gasteiger partial charge in [-0.15, -0.1) is 24.8 Å². The number of halogens is 2. The average Bonchev–Trinajstić information content (AvgIpc) is 2.79. The number of nitrogens with zero attached hydrogens (tertiary/aromatic N) is 6. The Balaban J connectivity index is 0.00000160. The highest BCUT2D eigenvalue weighted by atomic mass is 35.5. The van der Waals surface area contributed by atoms with Gasteiger partial charge in [0.25, 0.3) is 0 Å². The van der Waals surface area contributed by atoms with E-state index >= 15 is 0 Å². The first-order chi connectivity index (χ1) is 13.8. The summed E-state index contributed by atoms with van der Waals surface area (Å²) in [6, 6.07) is 6.19. The first kappa shape index (κ1) is 24.3. The summed E-state index contributed by atoms with van der Waals surface area (Å²) in [5, 5.41) is 3.45. The highest BCUT2D eigenvalue weighted by molar-refractivity contribution is 5.85. The molecule has 1 amide bonds. The molecule has 2 fully saturated rings. The third kappa shape index (κ3) is 6.01. The van der Waals surface area contributed by atoms with Crippen molar-refractivity contribution in [1.82, 2.24) is 30.1 Å². The number of piperazine rings is 2.